The Labute approximate surface area is 185 Å². The van der Waals surface area contributed by atoms with Gasteiger partial charge in [0.2, 0.25) is 0 Å². The predicted octanol–water partition coefficient (Wildman–Crippen LogP) is 8.48. The molecule has 0 atom stereocenters. The van der Waals surface area contributed by atoms with Gasteiger partial charge in [-0.05, 0) is 105 Å². The summed E-state index contributed by atoms with van der Waals surface area (Å²) in [5, 5.41) is 0. The smallest absolute Gasteiger partial charge is 0.0651 e. The topological polar surface area (TPSA) is 9.23 Å². The summed E-state index contributed by atoms with van der Waals surface area (Å²) in [6.45, 7) is 5.18. The van der Waals surface area contributed by atoms with Gasteiger partial charge in [0.25, 0.3) is 0 Å². The van der Waals surface area contributed by atoms with E-state index in [-0.39, 0.29) is 0 Å². The molecule has 0 saturated heterocycles. The first kappa shape index (κ1) is 22.1. The average molecular weight is 409 g/mol. The van der Waals surface area contributed by atoms with E-state index in [1.165, 1.54) is 89.9 Å². The molecule has 4 fully saturated rings. The molecule has 4 saturated carbocycles. The summed E-state index contributed by atoms with van der Waals surface area (Å²) >= 11 is 0. The van der Waals surface area contributed by atoms with Crippen LogP contribution in [-0.4, -0.2) is 12.7 Å². The Morgan fingerprint density at radius 1 is 0.900 bits per heavy atom. The van der Waals surface area contributed by atoms with Gasteiger partial charge in [0.15, 0.2) is 0 Å². The molecule has 0 aromatic heterocycles. The van der Waals surface area contributed by atoms with Gasteiger partial charge < -0.3 is 4.74 Å². The molecule has 0 unspecified atom stereocenters. The van der Waals surface area contributed by atoms with Crippen LogP contribution in [0.2, 0.25) is 0 Å². The SMILES string of the molecule is C/C=C/COC1CCC(c2ccc(C34CCC(CCCCC)(CC3)CC4)cc2)CC1. The molecule has 4 aliphatic rings. The van der Waals surface area contributed by atoms with E-state index in [2.05, 4.69) is 50.3 Å². The molecular formula is C29H44O. The van der Waals surface area contributed by atoms with Crippen molar-refractivity contribution >= 4 is 0 Å². The van der Waals surface area contributed by atoms with Crippen LogP contribution in [0.5, 0.6) is 0 Å². The van der Waals surface area contributed by atoms with E-state index in [1.54, 1.807) is 11.1 Å². The van der Waals surface area contributed by atoms with Crippen LogP contribution < -0.4 is 0 Å². The van der Waals surface area contributed by atoms with Crippen LogP contribution in [0, 0.1) is 5.41 Å². The van der Waals surface area contributed by atoms with Gasteiger partial charge in [-0.15, -0.1) is 0 Å². The monoisotopic (exact) mass is 408 g/mol. The van der Waals surface area contributed by atoms with Gasteiger partial charge in [-0.1, -0.05) is 62.6 Å². The third kappa shape index (κ3) is 4.87. The van der Waals surface area contributed by atoms with Crippen molar-refractivity contribution in [3.63, 3.8) is 0 Å². The van der Waals surface area contributed by atoms with Gasteiger partial charge in [-0.2, -0.15) is 0 Å². The highest BCUT2D eigenvalue weighted by Crippen LogP contribution is 2.59. The third-order valence-electron chi connectivity index (χ3n) is 9.04. The lowest BCUT2D eigenvalue weighted by atomic mass is 9.51. The van der Waals surface area contributed by atoms with Crippen molar-refractivity contribution in [3.8, 4) is 0 Å². The Balaban J connectivity index is 1.31. The number of fused-ring (bicyclic) bond motifs is 3. The highest BCUT2D eigenvalue weighted by atomic mass is 16.5. The number of benzene rings is 1. The number of allylic oxidation sites excluding steroid dienone is 1. The summed E-state index contributed by atoms with van der Waals surface area (Å²) < 4.78 is 5.99. The molecule has 2 bridgehead atoms. The van der Waals surface area contributed by atoms with Crippen molar-refractivity contribution in [2.24, 2.45) is 5.41 Å². The molecule has 166 valence electrons. The Morgan fingerprint density at radius 3 is 2.17 bits per heavy atom. The molecule has 0 amide bonds. The fourth-order valence-corrected chi connectivity index (χ4v) is 6.78. The second kappa shape index (κ2) is 10.0. The molecule has 30 heavy (non-hydrogen) atoms. The zero-order valence-electron chi connectivity index (χ0n) is 19.6. The van der Waals surface area contributed by atoms with Gasteiger partial charge >= 0.3 is 0 Å². The van der Waals surface area contributed by atoms with Crippen LogP contribution in [0.15, 0.2) is 36.4 Å². The van der Waals surface area contributed by atoms with Crippen molar-refractivity contribution in [3.05, 3.63) is 47.5 Å². The van der Waals surface area contributed by atoms with Crippen molar-refractivity contribution in [1.29, 1.82) is 0 Å². The zero-order chi connectivity index (χ0) is 20.9. The third-order valence-corrected chi connectivity index (χ3v) is 9.04. The van der Waals surface area contributed by atoms with Crippen LogP contribution in [-0.2, 0) is 10.2 Å². The summed E-state index contributed by atoms with van der Waals surface area (Å²) in [7, 11) is 0. The molecule has 0 spiro atoms. The summed E-state index contributed by atoms with van der Waals surface area (Å²) in [6.07, 6.45) is 24.2. The number of ether oxygens (including phenoxy) is 1. The Hall–Kier alpha value is -1.08. The van der Waals surface area contributed by atoms with Gasteiger partial charge in [-0.25, -0.2) is 0 Å². The first-order chi connectivity index (χ1) is 14.7. The minimum atomic E-state index is 0.470. The first-order valence-electron chi connectivity index (χ1n) is 13.0. The number of hydrogen-bond acceptors (Lipinski definition) is 1. The fourth-order valence-electron chi connectivity index (χ4n) is 6.78. The molecular weight excluding hydrogens is 364 g/mol. The molecule has 1 heteroatoms. The Kier molecular flexibility index (Phi) is 7.40. The molecule has 4 aliphatic carbocycles. The number of unbranched alkanes of at least 4 members (excludes halogenated alkanes) is 2. The molecule has 1 aromatic rings. The standard InChI is InChI=1S/C29H44O/c1-3-5-7-16-28-17-20-29(21-18-28,22-19-28)26-12-8-24(9-13-26)25-10-14-27(15-11-25)30-23-6-4-2/h4,6,8-9,12-13,25,27H,3,5,7,10-11,14-23H2,1-2H3/b6-4+. The van der Waals surface area contributed by atoms with Gasteiger partial charge in [0, 0.05) is 0 Å². The van der Waals surface area contributed by atoms with E-state index in [0.717, 1.165) is 12.5 Å². The molecule has 1 nitrogen and oxygen atoms in total. The van der Waals surface area contributed by atoms with Crippen molar-refractivity contribution in [1.82, 2.24) is 0 Å². The van der Waals surface area contributed by atoms with Crippen molar-refractivity contribution in [2.45, 2.75) is 121 Å². The molecule has 0 heterocycles. The maximum Gasteiger partial charge on any atom is 0.0651 e. The average Bonchev–Trinajstić information content (AvgIpc) is 2.81. The molecule has 0 aliphatic heterocycles. The van der Waals surface area contributed by atoms with E-state index in [1.807, 2.05) is 0 Å². The summed E-state index contributed by atoms with van der Waals surface area (Å²) in [6, 6.07) is 9.99. The van der Waals surface area contributed by atoms with E-state index >= 15 is 0 Å². The lowest BCUT2D eigenvalue weighted by molar-refractivity contribution is 0.0305. The van der Waals surface area contributed by atoms with Crippen LogP contribution in [0.4, 0.5) is 0 Å². The largest absolute Gasteiger partial charge is 0.374 e. The van der Waals surface area contributed by atoms with Crippen molar-refractivity contribution in [2.75, 3.05) is 6.61 Å². The van der Waals surface area contributed by atoms with Crippen LogP contribution in [0.1, 0.15) is 121 Å². The number of hydrogen-bond donors (Lipinski definition) is 0. The Morgan fingerprint density at radius 2 is 1.57 bits per heavy atom. The first-order valence-corrected chi connectivity index (χ1v) is 13.0. The zero-order valence-corrected chi connectivity index (χ0v) is 19.6. The number of rotatable bonds is 9. The highest BCUT2D eigenvalue weighted by Gasteiger charge is 2.48. The lowest BCUT2D eigenvalue weighted by Gasteiger charge is -2.54. The molecule has 0 radical (unpaired) electrons. The normalized spacial score (nSPS) is 33.9. The summed E-state index contributed by atoms with van der Waals surface area (Å²) in [5.74, 6) is 0.738. The minimum Gasteiger partial charge on any atom is -0.374 e. The second-order valence-corrected chi connectivity index (χ2v) is 10.7. The maximum atomic E-state index is 5.99. The maximum absolute atomic E-state index is 5.99. The van der Waals surface area contributed by atoms with E-state index in [4.69, 9.17) is 4.74 Å². The summed E-state index contributed by atoms with van der Waals surface area (Å²) in [5.41, 5.74) is 4.44. The van der Waals surface area contributed by atoms with Crippen LogP contribution >= 0.6 is 0 Å². The molecule has 1 aromatic carbocycles. The van der Waals surface area contributed by atoms with Gasteiger partial charge in [0.05, 0.1) is 12.7 Å². The van der Waals surface area contributed by atoms with Gasteiger partial charge in [-0.3, -0.25) is 0 Å². The Bertz CT molecular complexity index is 652. The second-order valence-electron chi connectivity index (χ2n) is 10.7. The quantitative estimate of drug-likeness (QED) is 0.294. The summed E-state index contributed by atoms with van der Waals surface area (Å²) in [4.78, 5) is 0. The van der Waals surface area contributed by atoms with Crippen LogP contribution in [0.3, 0.4) is 0 Å². The van der Waals surface area contributed by atoms with Gasteiger partial charge in [0.1, 0.15) is 0 Å². The highest BCUT2D eigenvalue weighted by molar-refractivity contribution is 5.33. The minimum absolute atomic E-state index is 0.470. The van der Waals surface area contributed by atoms with Crippen molar-refractivity contribution < 1.29 is 4.74 Å². The lowest BCUT2D eigenvalue weighted by Crippen LogP contribution is -2.44. The van der Waals surface area contributed by atoms with E-state index in [9.17, 15) is 0 Å². The predicted molar refractivity (Wildman–Crippen MR) is 128 cm³/mol. The molecule has 0 N–H and O–H groups in total. The van der Waals surface area contributed by atoms with E-state index in [0.29, 0.717) is 16.9 Å². The van der Waals surface area contributed by atoms with Crippen LogP contribution in [0.25, 0.3) is 0 Å². The fraction of sp³-hybridized carbons (Fsp3) is 0.724. The molecule has 5 rings (SSSR count). The van der Waals surface area contributed by atoms with E-state index < -0.39 is 0 Å².